The van der Waals surface area contributed by atoms with Crippen molar-refractivity contribution in [1.82, 2.24) is 0 Å². The van der Waals surface area contributed by atoms with E-state index in [2.05, 4.69) is 4.65 Å². The quantitative estimate of drug-likeness (QED) is 0.373. The van der Waals surface area contributed by atoms with Crippen molar-refractivity contribution in [2.24, 2.45) is 0 Å². The summed E-state index contributed by atoms with van der Waals surface area (Å²) in [5, 5.41) is 19.0. The van der Waals surface area contributed by atoms with E-state index in [-0.39, 0.29) is 65.7 Å². The molecule has 0 unspecified atom stereocenters. The van der Waals surface area contributed by atoms with E-state index < -0.39 is 7.32 Å². The van der Waals surface area contributed by atoms with Gasteiger partial charge in [0.25, 0.3) is 0 Å². The van der Waals surface area contributed by atoms with Crippen molar-refractivity contribution >= 4 is 7.32 Å². The Morgan fingerprint density at radius 3 is 1.89 bits per heavy atom. The van der Waals surface area contributed by atoms with E-state index in [1.807, 2.05) is 6.92 Å². The topological polar surface area (TPSA) is 55.3 Å². The first-order chi connectivity index (χ1) is 3.27. The van der Waals surface area contributed by atoms with Crippen molar-refractivity contribution in [2.75, 3.05) is 6.61 Å². The molecule has 42 valence electrons. The van der Waals surface area contributed by atoms with Crippen LogP contribution in [0, 0.1) is 0 Å². The Kier molecular flexibility index (Phi) is 24.0. The van der Waals surface area contributed by atoms with Crippen LogP contribution in [0.15, 0.2) is 0 Å². The summed E-state index contributed by atoms with van der Waals surface area (Å²) < 4.78 is 4.08. The third kappa shape index (κ3) is 17.8. The van der Waals surface area contributed by atoms with Gasteiger partial charge < -0.3 is 14.7 Å². The first-order valence-electron chi connectivity index (χ1n) is 2.20. The first-order valence-corrected chi connectivity index (χ1v) is 2.20. The van der Waals surface area contributed by atoms with Crippen LogP contribution in [0.1, 0.15) is 13.3 Å². The van der Waals surface area contributed by atoms with E-state index >= 15 is 0 Å². The summed E-state index contributed by atoms with van der Waals surface area (Å²) in [6, 6.07) is 0. The van der Waals surface area contributed by atoms with Crippen molar-refractivity contribution < 1.29 is 73.8 Å². The van der Waals surface area contributed by atoms with Crippen molar-refractivity contribution in [2.45, 2.75) is 13.3 Å². The van der Waals surface area contributed by atoms with Gasteiger partial charge in [-0.05, 0) is 6.42 Å². The molecule has 0 aliphatic carbocycles. The summed E-state index contributed by atoms with van der Waals surface area (Å²) in [6.07, 6.45) is 0.723. The van der Waals surface area contributed by atoms with E-state index in [0.29, 0.717) is 0 Å². The third-order valence-electron chi connectivity index (χ3n) is 0.458. The van der Waals surface area contributed by atoms with E-state index in [1.54, 1.807) is 0 Å². The molecule has 0 aromatic rings. The van der Waals surface area contributed by atoms with Crippen LogP contribution in [0.3, 0.4) is 0 Å². The summed E-state index contributed by atoms with van der Waals surface area (Å²) in [7, 11) is -2.10. The van der Waals surface area contributed by atoms with Crippen LogP contribution in [0.25, 0.3) is 0 Å². The third-order valence-corrected chi connectivity index (χ3v) is 0.458. The van der Waals surface area contributed by atoms with Gasteiger partial charge in [-0.15, -0.1) is 0 Å². The fraction of sp³-hybridized carbons (Fsp3) is 1.00. The second kappa shape index (κ2) is 12.6. The van der Waals surface area contributed by atoms with Crippen LogP contribution >= 0.6 is 0 Å². The van der Waals surface area contributed by atoms with Crippen molar-refractivity contribution in [3.8, 4) is 0 Å². The summed E-state index contributed by atoms with van der Waals surface area (Å²) in [4.78, 5) is 0. The minimum absolute atomic E-state index is 0. The molecule has 9 heavy (non-hydrogen) atoms. The summed E-state index contributed by atoms with van der Waals surface area (Å²) in [5.41, 5.74) is 0. The Morgan fingerprint density at radius 2 is 1.78 bits per heavy atom. The molecule has 6 heteroatoms. The SMILES string of the molecule is CCCOB([O-])[O-].[Na+].[Na+]. The van der Waals surface area contributed by atoms with E-state index in [1.165, 1.54) is 0 Å². The molecule has 0 amide bonds. The maximum atomic E-state index is 9.51. The van der Waals surface area contributed by atoms with Crippen LogP contribution in [-0.2, 0) is 4.65 Å². The van der Waals surface area contributed by atoms with Gasteiger partial charge in [-0.1, -0.05) is 6.92 Å². The van der Waals surface area contributed by atoms with Gasteiger partial charge in [-0.2, -0.15) is 0 Å². The molecular weight excluding hydrogens is 141 g/mol. The minimum atomic E-state index is -2.10. The second-order valence-electron chi connectivity index (χ2n) is 1.16. The predicted octanol–water partition coefficient (Wildman–Crippen LogP) is -7.87. The monoisotopic (exact) mass is 148 g/mol. The molecule has 0 aliphatic rings. The van der Waals surface area contributed by atoms with Crippen LogP contribution < -0.4 is 69.2 Å². The van der Waals surface area contributed by atoms with Gasteiger partial charge in [0.2, 0.25) is 0 Å². The average Bonchev–Trinajstić information content (AvgIpc) is 1.61. The Morgan fingerprint density at radius 1 is 1.33 bits per heavy atom. The first kappa shape index (κ1) is 17.1. The van der Waals surface area contributed by atoms with Gasteiger partial charge in [0, 0.05) is 6.61 Å². The van der Waals surface area contributed by atoms with Crippen LogP contribution in [-0.4, -0.2) is 13.9 Å². The molecule has 0 saturated carbocycles. The Labute approximate surface area is 99.9 Å². The Hall–Kier alpha value is 1.94. The average molecular weight is 148 g/mol. The molecule has 0 atom stereocenters. The molecule has 0 bridgehead atoms. The molecule has 0 spiro atoms. The molecule has 0 aromatic heterocycles. The zero-order valence-corrected chi connectivity index (χ0v) is 10.2. The smallest absolute Gasteiger partial charge is 0.871 e. The fourth-order valence-electron chi connectivity index (χ4n) is 0.214. The molecule has 0 rings (SSSR count). The maximum absolute atomic E-state index is 9.51. The second-order valence-corrected chi connectivity index (χ2v) is 1.16. The molecule has 0 aromatic carbocycles. The summed E-state index contributed by atoms with van der Waals surface area (Å²) in [5.74, 6) is 0. The summed E-state index contributed by atoms with van der Waals surface area (Å²) >= 11 is 0. The van der Waals surface area contributed by atoms with Crippen molar-refractivity contribution in [3.63, 3.8) is 0 Å². The molecule has 0 radical (unpaired) electrons. The molecule has 0 saturated heterocycles. The summed E-state index contributed by atoms with van der Waals surface area (Å²) in [6.45, 7) is 2.11. The van der Waals surface area contributed by atoms with Crippen molar-refractivity contribution in [1.29, 1.82) is 0 Å². The predicted molar refractivity (Wildman–Crippen MR) is 22.0 cm³/mol. The van der Waals surface area contributed by atoms with Gasteiger partial charge >= 0.3 is 59.1 Å². The van der Waals surface area contributed by atoms with Gasteiger partial charge in [-0.3, -0.25) is 0 Å². The van der Waals surface area contributed by atoms with Gasteiger partial charge in [-0.25, -0.2) is 0 Å². The standard InChI is InChI=1S/C3H7BO3.2Na/c1-2-3-7-4(5)6;;/h2-3H2,1H3;;/q-2;2*+1. The van der Waals surface area contributed by atoms with Gasteiger partial charge in [0.15, 0.2) is 0 Å². The minimum Gasteiger partial charge on any atom is -0.871 e. The zero-order chi connectivity index (χ0) is 5.70. The number of hydrogen-bond donors (Lipinski definition) is 0. The van der Waals surface area contributed by atoms with Gasteiger partial charge in [0.05, 0.1) is 7.32 Å². The van der Waals surface area contributed by atoms with E-state index in [4.69, 9.17) is 0 Å². The van der Waals surface area contributed by atoms with Crippen LogP contribution in [0.5, 0.6) is 0 Å². The maximum Gasteiger partial charge on any atom is 1.00 e. The van der Waals surface area contributed by atoms with E-state index in [9.17, 15) is 10.0 Å². The van der Waals surface area contributed by atoms with Crippen molar-refractivity contribution in [3.05, 3.63) is 0 Å². The zero-order valence-electron chi connectivity index (χ0n) is 6.22. The molecule has 3 nitrogen and oxygen atoms in total. The van der Waals surface area contributed by atoms with Gasteiger partial charge in [0.1, 0.15) is 0 Å². The molecule has 0 N–H and O–H groups in total. The van der Waals surface area contributed by atoms with Crippen LogP contribution in [0.4, 0.5) is 0 Å². The Balaban J connectivity index is -0.000000180. The number of hydrogen-bond acceptors (Lipinski definition) is 3. The molecule has 0 heterocycles. The fourth-order valence-corrected chi connectivity index (χ4v) is 0.214. The van der Waals surface area contributed by atoms with Crippen LogP contribution in [0.2, 0.25) is 0 Å². The largest absolute Gasteiger partial charge is 1.00 e. The Bertz CT molecular complexity index is 46.0. The normalized spacial score (nSPS) is 7.00. The molecule has 0 aliphatic heterocycles. The number of rotatable bonds is 3. The van der Waals surface area contributed by atoms with E-state index in [0.717, 1.165) is 6.42 Å². The molecular formula is C3H7BNa2O3. The molecule has 0 fully saturated rings.